The highest BCUT2D eigenvalue weighted by molar-refractivity contribution is 5.88. The number of nitrogens with one attached hydrogen (secondary N) is 1. The van der Waals surface area contributed by atoms with Crippen molar-refractivity contribution >= 4 is 17.7 Å². The minimum atomic E-state index is -1.63. The second-order valence-corrected chi connectivity index (χ2v) is 4.81. The second-order valence-electron chi connectivity index (χ2n) is 4.81. The predicted molar refractivity (Wildman–Crippen MR) is 81.8 cm³/mol. The summed E-state index contributed by atoms with van der Waals surface area (Å²) in [6.07, 6.45) is 2.17. The van der Waals surface area contributed by atoms with Gasteiger partial charge in [-0.3, -0.25) is 4.79 Å². The van der Waals surface area contributed by atoms with Gasteiger partial charge >= 0.3 is 0 Å². The Bertz CT molecular complexity index is 772. The Hall–Kier alpha value is -2.83. The standard InChI is InChI=1S/C17H13F4NO2/c1-3-4-12-13(18)15(20)17(16(21)14(12)19)24-11-7-5-10(6-8-11)22-9(2)23/h3-8H,1-2H3,(H,22,23). The van der Waals surface area contributed by atoms with Crippen molar-refractivity contribution in [1.82, 2.24) is 0 Å². The summed E-state index contributed by atoms with van der Waals surface area (Å²) >= 11 is 0. The Morgan fingerprint density at radius 2 is 1.54 bits per heavy atom. The Kier molecular flexibility index (Phi) is 5.23. The molecule has 2 aromatic rings. The first kappa shape index (κ1) is 17.5. The number of allylic oxidation sites excluding steroid dienone is 1. The number of carbonyl (C=O) groups excluding carboxylic acids is 1. The summed E-state index contributed by atoms with van der Waals surface area (Å²) in [5.41, 5.74) is -0.391. The zero-order valence-corrected chi connectivity index (χ0v) is 12.8. The number of halogens is 4. The minimum absolute atomic E-state index is 0.0560. The van der Waals surface area contributed by atoms with Crippen LogP contribution in [0.2, 0.25) is 0 Å². The summed E-state index contributed by atoms with van der Waals surface area (Å²) in [6.45, 7) is 2.77. The molecule has 0 fully saturated rings. The fraction of sp³-hybridized carbons (Fsp3) is 0.118. The first-order valence-corrected chi connectivity index (χ1v) is 6.89. The van der Waals surface area contributed by atoms with Crippen LogP contribution in [0.1, 0.15) is 19.4 Å². The molecular formula is C17H13F4NO2. The molecule has 0 spiro atoms. The van der Waals surface area contributed by atoms with Gasteiger partial charge in [-0.15, -0.1) is 0 Å². The van der Waals surface area contributed by atoms with Crippen molar-refractivity contribution in [2.75, 3.05) is 5.32 Å². The molecule has 0 radical (unpaired) electrons. The van der Waals surface area contributed by atoms with Crippen LogP contribution in [0.4, 0.5) is 23.2 Å². The van der Waals surface area contributed by atoms with Crippen molar-refractivity contribution < 1.29 is 27.1 Å². The summed E-state index contributed by atoms with van der Waals surface area (Å²) in [6, 6.07) is 5.40. The lowest BCUT2D eigenvalue weighted by Gasteiger charge is -2.12. The Morgan fingerprint density at radius 3 is 2.00 bits per heavy atom. The van der Waals surface area contributed by atoms with Gasteiger partial charge in [0.15, 0.2) is 11.6 Å². The molecule has 0 aromatic heterocycles. The fourth-order valence-corrected chi connectivity index (χ4v) is 1.96. The van der Waals surface area contributed by atoms with Crippen molar-refractivity contribution in [3.63, 3.8) is 0 Å². The van der Waals surface area contributed by atoms with E-state index < -0.39 is 34.6 Å². The van der Waals surface area contributed by atoms with E-state index in [9.17, 15) is 22.4 Å². The normalized spacial score (nSPS) is 10.9. The molecule has 0 unspecified atom stereocenters. The van der Waals surface area contributed by atoms with Gasteiger partial charge < -0.3 is 10.1 Å². The fourth-order valence-electron chi connectivity index (χ4n) is 1.96. The second kappa shape index (κ2) is 7.16. The van der Waals surface area contributed by atoms with E-state index in [1.54, 1.807) is 0 Å². The van der Waals surface area contributed by atoms with Crippen LogP contribution in [0.25, 0.3) is 6.08 Å². The zero-order valence-electron chi connectivity index (χ0n) is 12.8. The molecule has 7 heteroatoms. The van der Waals surface area contributed by atoms with E-state index >= 15 is 0 Å². The minimum Gasteiger partial charge on any atom is -0.451 e. The number of rotatable bonds is 4. The number of anilines is 1. The molecule has 3 nitrogen and oxygen atoms in total. The van der Waals surface area contributed by atoms with Gasteiger partial charge in [0.25, 0.3) is 0 Å². The van der Waals surface area contributed by atoms with Crippen LogP contribution in [0.3, 0.4) is 0 Å². The van der Waals surface area contributed by atoms with E-state index in [-0.39, 0.29) is 11.7 Å². The lowest BCUT2D eigenvalue weighted by atomic mass is 10.1. The Morgan fingerprint density at radius 1 is 1.00 bits per heavy atom. The van der Waals surface area contributed by atoms with Crippen LogP contribution in [0.15, 0.2) is 30.3 Å². The predicted octanol–water partition coefficient (Wildman–Crippen LogP) is 5.03. The first-order chi connectivity index (χ1) is 11.3. The van der Waals surface area contributed by atoms with E-state index in [2.05, 4.69) is 5.32 Å². The molecule has 0 aliphatic carbocycles. The van der Waals surface area contributed by atoms with Crippen molar-refractivity contribution in [3.8, 4) is 11.5 Å². The topological polar surface area (TPSA) is 38.3 Å². The average Bonchev–Trinajstić information content (AvgIpc) is 2.55. The maximum Gasteiger partial charge on any atom is 0.221 e. The summed E-state index contributed by atoms with van der Waals surface area (Å²) in [5, 5.41) is 2.49. The van der Waals surface area contributed by atoms with Crippen LogP contribution in [0.5, 0.6) is 11.5 Å². The van der Waals surface area contributed by atoms with E-state index in [0.717, 1.165) is 6.08 Å². The SMILES string of the molecule is CC=Cc1c(F)c(F)c(Oc2ccc(NC(C)=O)cc2)c(F)c1F. The van der Waals surface area contributed by atoms with Crippen LogP contribution < -0.4 is 10.1 Å². The molecule has 1 amide bonds. The highest BCUT2D eigenvalue weighted by Gasteiger charge is 2.25. The van der Waals surface area contributed by atoms with Crippen molar-refractivity contribution in [2.24, 2.45) is 0 Å². The molecule has 0 bridgehead atoms. The van der Waals surface area contributed by atoms with Gasteiger partial charge in [0.05, 0.1) is 5.56 Å². The molecular weight excluding hydrogens is 326 g/mol. The smallest absolute Gasteiger partial charge is 0.221 e. The Balaban J connectivity index is 2.38. The van der Waals surface area contributed by atoms with Crippen molar-refractivity contribution in [1.29, 1.82) is 0 Å². The number of carbonyl (C=O) groups is 1. The molecule has 0 saturated heterocycles. The van der Waals surface area contributed by atoms with E-state index in [1.807, 2.05) is 0 Å². The lowest BCUT2D eigenvalue weighted by molar-refractivity contribution is -0.114. The number of benzene rings is 2. The van der Waals surface area contributed by atoms with Gasteiger partial charge in [-0.2, -0.15) is 8.78 Å². The zero-order chi connectivity index (χ0) is 17.9. The largest absolute Gasteiger partial charge is 0.451 e. The van der Waals surface area contributed by atoms with Crippen LogP contribution in [0, 0.1) is 23.3 Å². The summed E-state index contributed by atoms with van der Waals surface area (Å²) < 4.78 is 60.5. The lowest BCUT2D eigenvalue weighted by Crippen LogP contribution is -2.05. The summed E-state index contributed by atoms with van der Waals surface area (Å²) in [5.74, 6) is -7.89. The molecule has 0 saturated carbocycles. The molecule has 0 aliphatic rings. The van der Waals surface area contributed by atoms with Crippen LogP contribution in [-0.4, -0.2) is 5.91 Å². The molecule has 0 heterocycles. The van der Waals surface area contributed by atoms with Gasteiger partial charge in [-0.05, 0) is 31.2 Å². The van der Waals surface area contributed by atoms with Gasteiger partial charge in [0.2, 0.25) is 23.3 Å². The molecule has 0 aliphatic heterocycles. The van der Waals surface area contributed by atoms with E-state index in [1.165, 1.54) is 44.2 Å². The maximum absolute atomic E-state index is 14.0. The molecule has 0 atom stereocenters. The molecule has 24 heavy (non-hydrogen) atoms. The summed E-state index contributed by atoms with van der Waals surface area (Å²) in [4.78, 5) is 10.9. The van der Waals surface area contributed by atoms with Crippen molar-refractivity contribution in [2.45, 2.75) is 13.8 Å². The number of hydrogen-bond donors (Lipinski definition) is 1. The first-order valence-electron chi connectivity index (χ1n) is 6.89. The Labute approximate surface area is 135 Å². The van der Waals surface area contributed by atoms with Crippen molar-refractivity contribution in [3.05, 3.63) is 59.2 Å². The third-order valence-electron chi connectivity index (χ3n) is 2.98. The molecule has 1 N–H and O–H groups in total. The highest BCUT2D eigenvalue weighted by Crippen LogP contribution is 2.34. The van der Waals surface area contributed by atoms with Gasteiger partial charge in [-0.25, -0.2) is 8.78 Å². The molecule has 126 valence electrons. The van der Waals surface area contributed by atoms with Crippen LogP contribution >= 0.6 is 0 Å². The summed E-state index contributed by atoms with van der Waals surface area (Å²) in [7, 11) is 0. The third-order valence-corrected chi connectivity index (χ3v) is 2.98. The van der Waals surface area contributed by atoms with E-state index in [0.29, 0.717) is 5.69 Å². The third kappa shape index (κ3) is 3.56. The number of ether oxygens (including phenoxy) is 1. The molecule has 2 rings (SSSR count). The highest BCUT2D eigenvalue weighted by atomic mass is 19.2. The van der Waals surface area contributed by atoms with Crippen LogP contribution in [-0.2, 0) is 4.79 Å². The average molecular weight is 339 g/mol. The van der Waals surface area contributed by atoms with E-state index in [4.69, 9.17) is 4.74 Å². The quantitative estimate of drug-likeness (QED) is 0.627. The molecule has 2 aromatic carbocycles. The maximum atomic E-state index is 14.0. The van der Waals surface area contributed by atoms with Gasteiger partial charge in [0.1, 0.15) is 5.75 Å². The van der Waals surface area contributed by atoms with Gasteiger partial charge in [-0.1, -0.05) is 12.2 Å². The number of amides is 1. The number of hydrogen-bond acceptors (Lipinski definition) is 2. The monoisotopic (exact) mass is 339 g/mol. The van der Waals surface area contributed by atoms with Gasteiger partial charge in [0, 0.05) is 12.6 Å².